The highest BCUT2D eigenvalue weighted by atomic mass is 16.2. The Morgan fingerprint density at radius 2 is 2.16 bits per heavy atom. The van der Waals surface area contributed by atoms with E-state index in [0.29, 0.717) is 5.82 Å². The van der Waals surface area contributed by atoms with Crippen molar-refractivity contribution in [2.24, 2.45) is 0 Å². The number of fused-ring (bicyclic) bond motifs is 1. The maximum atomic E-state index is 11.9. The third kappa shape index (κ3) is 2.22. The van der Waals surface area contributed by atoms with Crippen LogP contribution in [0.15, 0.2) is 42.9 Å². The van der Waals surface area contributed by atoms with E-state index in [9.17, 15) is 4.79 Å². The van der Waals surface area contributed by atoms with E-state index in [-0.39, 0.29) is 11.9 Å². The van der Waals surface area contributed by atoms with Crippen LogP contribution in [-0.2, 0) is 0 Å². The van der Waals surface area contributed by atoms with Crippen LogP contribution in [-0.4, -0.2) is 20.9 Å². The number of carbonyl (C=O) groups excluding carboxylic acids is 1. The van der Waals surface area contributed by atoms with Crippen molar-refractivity contribution in [2.45, 2.75) is 13.0 Å². The number of nitrogens with one attached hydrogen (secondary N) is 3. The summed E-state index contributed by atoms with van der Waals surface area (Å²) in [6.07, 6.45) is 5.09. The second-order valence-electron chi connectivity index (χ2n) is 4.46. The number of hydrogen-bond donors (Lipinski definition) is 3. The minimum Gasteiger partial charge on any atom is -0.361 e. The first-order valence-electron chi connectivity index (χ1n) is 6.11. The second-order valence-corrected chi connectivity index (χ2v) is 4.46. The maximum Gasteiger partial charge on any atom is 0.287 e. The summed E-state index contributed by atoms with van der Waals surface area (Å²) in [4.78, 5) is 21.8. The summed E-state index contributed by atoms with van der Waals surface area (Å²) in [7, 11) is 0. The lowest BCUT2D eigenvalue weighted by molar-refractivity contribution is 0.0930. The molecule has 0 fully saturated rings. The van der Waals surface area contributed by atoms with E-state index >= 15 is 0 Å². The normalized spacial score (nSPS) is 12.5. The number of carbonyl (C=O) groups is 1. The molecule has 1 amide bonds. The molecule has 96 valence electrons. The molecule has 0 saturated carbocycles. The molecule has 2 heterocycles. The number of nitrogens with zero attached hydrogens (tertiary/aromatic N) is 1. The number of aromatic amines is 2. The van der Waals surface area contributed by atoms with E-state index in [0.717, 1.165) is 16.5 Å². The Labute approximate surface area is 110 Å². The molecule has 3 rings (SSSR count). The van der Waals surface area contributed by atoms with E-state index in [4.69, 9.17) is 0 Å². The number of aromatic nitrogens is 3. The van der Waals surface area contributed by atoms with Gasteiger partial charge in [0.25, 0.3) is 5.91 Å². The Balaban J connectivity index is 1.79. The first-order chi connectivity index (χ1) is 9.24. The van der Waals surface area contributed by atoms with Crippen LogP contribution in [0.4, 0.5) is 0 Å². The molecule has 1 atom stereocenters. The van der Waals surface area contributed by atoms with Crippen LogP contribution in [0, 0.1) is 0 Å². The summed E-state index contributed by atoms with van der Waals surface area (Å²) in [5, 5.41) is 4.05. The standard InChI is InChI=1S/C14H14N4O/c1-9(18-14(19)13-16-6-7-17-13)10-2-3-12-11(8-10)4-5-15-12/h2-9,15H,1H3,(H,16,17)(H,18,19). The lowest BCUT2D eigenvalue weighted by atomic mass is 10.1. The summed E-state index contributed by atoms with van der Waals surface area (Å²) >= 11 is 0. The third-order valence-corrected chi connectivity index (χ3v) is 3.14. The summed E-state index contributed by atoms with van der Waals surface area (Å²) in [6.45, 7) is 1.95. The van der Waals surface area contributed by atoms with Crippen molar-refractivity contribution >= 4 is 16.8 Å². The van der Waals surface area contributed by atoms with Crippen LogP contribution in [0.1, 0.15) is 29.1 Å². The minimum absolute atomic E-state index is 0.0723. The fraction of sp³-hybridized carbons (Fsp3) is 0.143. The predicted octanol–water partition coefficient (Wildman–Crippen LogP) is 2.38. The quantitative estimate of drug-likeness (QED) is 0.671. The number of benzene rings is 1. The molecule has 0 saturated heterocycles. The van der Waals surface area contributed by atoms with Gasteiger partial charge in [0, 0.05) is 24.1 Å². The van der Waals surface area contributed by atoms with Crippen LogP contribution in [0.5, 0.6) is 0 Å². The van der Waals surface area contributed by atoms with Crippen molar-refractivity contribution in [1.29, 1.82) is 0 Å². The maximum absolute atomic E-state index is 11.9. The highest BCUT2D eigenvalue weighted by Crippen LogP contribution is 2.19. The van der Waals surface area contributed by atoms with Gasteiger partial charge in [0.05, 0.1) is 6.04 Å². The Hall–Kier alpha value is -2.56. The molecular formula is C14H14N4O. The molecule has 0 bridgehead atoms. The van der Waals surface area contributed by atoms with Crippen LogP contribution < -0.4 is 5.32 Å². The van der Waals surface area contributed by atoms with Gasteiger partial charge >= 0.3 is 0 Å². The van der Waals surface area contributed by atoms with Gasteiger partial charge in [-0.1, -0.05) is 6.07 Å². The summed E-state index contributed by atoms with van der Waals surface area (Å²) < 4.78 is 0. The zero-order valence-corrected chi connectivity index (χ0v) is 10.5. The molecule has 0 spiro atoms. The Kier molecular flexibility index (Phi) is 2.79. The smallest absolute Gasteiger partial charge is 0.287 e. The van der Waals surface area contributed by atoms with Gasteiger partial charge in [0.2, 0.25) is 0 Å². The number of H-pyrrole nitrogens is 2. The molecular weight excluding hydrogens is 240 g/mol. The lowest BCUT2D eigenvalue weighted by Crippen LogP contribution is -2.27. The van der Waals surface area contributed by atoms with Crippen molar-refractivity contribution in [3.05, 3.63) is 54.2 Å². The molecule has 5 heteroatoms. The van der Waals surface area contributed by atoms with Gasteiger partial charge in [-0.05, 0) is 36.1 Å². The molecule has 0 aliphatic heterocycles. The molecule has 2 aromatic heterocycles. The van der Waals surface area contributed by atoms with Gasteiger partial charge in [0.15, 0.2) is 5.82 Å². The average Bonchev–Trinajstić information content (AvgIpc) is 3.09. The van der Waals surface area contributed by atoms with E-state index in [1.807, 2.05) is 31.3 Å². The Morgan fingerprint density at radius 3 is 2.95 bits per heavy atom. The topological polar surface area (TPSA) is 73.6 Å². The van der Waals surface area contributed by atoms with Crippen LogP contribution in [0.25, 0.3) is 10.9 Å². The molecule has 0 aliphatic carbocycles. The van der Waals surface area contributed by atoms with Gasteiger partial charge < -0.3 is 15.3 Å². The molecule has 1 aromatic carbocycles. The summed E-state index contributed by atoms with van der Waals surface area (Å²) in [6, 6.07) is 8.03. The summed E-state index contributed by atoms with van der Waals surface area (Å²) in [5.41, 5.74) is 2.15. The SMILES string of the molecule is CC(NC(=O)c1ncc[nH]1)c1ccc2[nH]ccc2c1. The molecule has 3 N–H and O–H groups in total. The first-order valence-corrected chi connectivity index (χ1v) is 6.11. The minimum atomic E-state index is -0.202. The van der Waals surface area contributed by atoms with Gasteiger partial charge in [-0.25, -0.2) is 4.98 Å². The van der Waals surface area contributed by atoms with Gasteiger partial charge in [-0.2, -0.15) is 0 Å². The third-order valence-electron chi connectivity index (χ3n) is 3.14. The highest BCUT2D eigenvalue weighted by molar-refractivity contribution is 5.90. The molecule has 0 aliphatic rings. The fourth-order valence-electron chi connectivity index (χ4n) is 2.08. The van der Waals surface area contributed by atoms with Gasteiger partial charge in [-0.15, -0.1) is 0 Å². The second kappa shape index (κ2) is 4.61. The van der Waals surface area contributed by atoms with E-state index in [2.05, 4.69) is 26.3 Å². The monoisotopic (exact) mass is 254 g/mol. The molecule has 19 heavy (non-hydrogen) atoms. The van der Waals surface area contributed by atoms with Crippen molar-refractivity contribution in [1.82, 2.24) is 20.3 Å². The van der Waals surface area contributed by atoms with Crippen LogP contribution in [0.3, 0.4) is 0 Å². The van der Waals surface area contributed by atoms with E-state index < -0.39 is 0 Å². The summed E-state index contributed by atoms with van der Waals surface area (Å²) in [5.74, 6) is 0.126. The molecule has 3 aromatic rings. The number of imidazole rings is 1. The lowest BCUT2D eigenvalue weighted by Gasteiger charge is -2.13. The van der Waals surface area contributed by atoms with Crippen molar-refractivity contribution in [3.63, 3.8) is 0 Å². The van der Waals surface area contributed by atoms with Gasteiger partial charge in [-0.3, -0.25) is 4.79 Å². The van der Waals surface area contributed by atoms with E-state index in [1.54, 1.807) is 12.4 Å². The zero-order valence-electron chi connectivity index (χ0n) is 10.5. The number of rotatable bonds is 3. The molecule has 0 radical (unpaired) electrons. The molecule has 5 nitrogen and oxygen atoms in total. The molecule has 1 unspecified atom stereocenters. The van der Waals surface area contributed by atoms with Crippen LogP contribution >= 0.6 is 0 Å². The van der Waals surface area contributed by atoms with Crippen molar-refractivity contribution in [2.75, 3.05) is 0 Å². The van der Waals surface area contributed by atoms with E-state index in [1.165, 1.54) is 0 Å². The fourth-order valence-corrected chi connectivity index (χ4v) is 2.08. The van der Waals surface area contributed by atoms with Crippen molar-refractivity contribution < 1.29 is 4.79 Å². The Bertz CT molecular complexity index is 699. The van der Waals surface area contributed by atoms with Crippen LogP contribution in [0.2, 0.25) is 0 Å². The first kappa shape index (κ1) is 11.5. The number of amides is 1. The predicted molar refractivity (Wildman–Crippen MR) is 72.8 cm³/mol. The van der Waals surface area contributed by atoms with Gasteiger partial charge in [0.1, 0.15) is 0 Å². The zero-order chi connectivity index (χ0) is 13.2. The Morgan fingerprint density at radius 1 is 1.26 bits per heavy atom. The largest absolute Gasteiger partial charge is 0.361 e. The highest BCUT2D eigenvalue weighted by Gasteiger charge is 2.13. The number of hydrogen-bond acceptors (Lipinski definition) is 2. The average molecular weight is 254 g/mol. The van der Waals surface area contributed by atoms with Crippen molar-refractivity contribution in [3.8, 4) is 0 Å².